The summed E-state index contributed by atoms with van der Waals surface area (Å²) in [6.45, 7) is 8.10. The molecule has 3 rings (SSSR count). The maximum Gasteiger partial charge on any atom is 0.193 e. The zero-order valence-electron chi connectivity index (χ0n) is 18.8. The smallest absolute Gasteiger partial charge is 0.193 e. The van der Waals surface area contributed by atoms with Crippen LogP contribution >= 0.6 is 24.0 Å². The highest BCUT2D eigenvalue weighted by atomic mass is 127. The number of nitrogens with two attached hydrogens (primary N) is 1. The van der Waals surface area contributed by atoms with Crippen LogP contribution in [0.15, 0.2) is 47.5 Å². The van der Waals surface area contributed by atoms with E-state index in [1.807, 2.05) is 44.2 Å². The molecule has 2 aromatic carbocycles. The van der Waals surface area contributed by atoms with E-state index in [0.29, 0.717) is 25.7 Å². The van der Waals surface area contributed by atoms with Crippen molar-refractivity contribution in [3.63, 3.8) is 0 Å². The van der Waals surface area contributed by atoms with Crippen LogP contribution < -0.4 is 20.5 Å². The van der Waals surface area contributed by atoms with Crippen LogP contribution in [0, 0.1) is 6.92 Å². The van der Waals surface area contributed by atoms with Crippen molar-refractivity contribution in [2.75, 3.05) is 32.2 Å². The van der Waals surface area contributed by atoms with Crippen molar-refractivity contribution in [2.24, 2.45) is 10.7 Å². The quantitative estimate of drug-likeness (QED) is 0.298. The fourth-order valence-electron chi connectivity index (χ4n) is 3.82. The molecule has 0 radical (unpaired) electrons. The first-order valence-electron chi connectivity index (χ1n) is 10.5. The van der Waals surface area contributed by atoms with E-state index in [1.165, 1.54) is 11.1 Å². The van der Waals surface area contributed by atoms with Crippen LogP contribution in [0.5, 0.6) is 11.5 Å². The van der Waals surface area contributed by atoms with Gasteiger partial charge in [-0.2, -0.15) is 0 Å². The molecular weight excluding hydrogens is 505 g/mol. The largest absolute Gasteiger partial charge is 0.496 e. The first-order chi connectivity index (χ1) is 14.4. The monoisotopic (exact) mass is 539 g/mol. The zero-order valence-corrected chi connectivity index (χ0v) is 21.1. The average molecular weight is 539 g/mol. The third-order valence-corrected chi connectivity index (χ3v) is 5.43. The SMILES string of the molecule is COc1ccc(C)cc1C1(CN=C(N)Nc2ccc(OC(C)C)cc2)CCOCC1.I. The molecule has 6 nitrogen and oxygen atoms in total. The fourth-order valence-corrected chi connectivity index (χ4v) is 3.82. The van der Waals surface area contributed by atoms with E-state index in [4.69, 9.17) is 24.9 Å². The highest BCUT2D eigenvalue weighted by molar-refractivity contribution is 14.0. The first kappa shape index (κ1) is 25.3. The maximum absolute atomic E-state index is 6.22. The Balaban J connectivity index is 0.00000341. The molecule has 1 heterocycles. The Morgan fingerprint density at radius 1 is 1.16 bits per heavy atom. The van der Waals surface area contributed by atoms with Gasteiger partial charge < -0.3 is 25.3 Å². The van der Waals surface area contributed by atoms with Crippen LogP contribution in [0.25, 0.3) is 0 Å². The summed E-state index contributed by atoms with van der Waals surface area (Å²) < 4.78 is 17.0. The van der Waals surface area contributed by atoms with Gasteiger partial charge in [0.2, 0.25) is 0 Å². The summed E-state index contributed by atoms with van der Waals surface area (Å²) in [4.78, 5) is 4.71. The van der Waals surface area contributed by atoms with Crippen LogP contribution in [0.3, 0.4) is 0 Å². The van der Waals surface area contributed by atoms with E-state index in [9.17, 15) is 0 Å². The van der Waals surface area contributed by atoms with Crippen molar-refractivity contribution in [3.05, 3.63) is 53.6 Å². The topological polar surface area (TPSA) is 78.1 Å². The van der Waals surface area contributed by atoms with Gasteiger partial charge >= 0.3 is 0 Å². The van der Waals surface area contributed by atoms with E-state index in [0.717, 1.165) is 30.0 Å². The number of guanidine groups is 1. The van der Waals surface area contributed by atoms with Gasteiger partial charge in [-0.1, -0.05) is 17.7 Å². The maximum atomic E-state index is 6.22. The van der Waals surface area contributed by atoms with E-state index in [2.05, 4.69) is 24.4 Å². The normalized spacial score (nSPS) is 15.8. The number of nitrogens with one attached hydrogen (secondary N) is 1. The van der Waals surface area contributed by atoms with Crippen molar-refractivity contribution >= 4 is 35.6 Å². The number of ether oxygens (including phenoxy) is 3. The lowest BCUT2D eigenvalue weighted by atomic mass is 9.73. The molecule has 0 amide bonds. The Morgan fingerprint density at radius 2 is 1.84 bits per heavy atom. The minimum Gasteiger partial charge on any atom is -0.496 e. The summed E-state index contributed by atoms with van der Waals surface area (Å²) in [5.41, 5.74) is 9.33. The number of hydrogen-bond acceptors (Lipinski definition) is 4. The summed E-state index contributed by atoms with van der Waals surface area (Å²) in [6.07, 6.45) is 1.90. The van der Waals surface area contributed by atoms with Gasteiger partial charge in [-0.3, -0.25) is 4.99 Å². The Hall–Kier alpha value is -2.00. The molecule has 1 fully saturated rings. The lowest BCUT2D eigenvalue weighted by Crippen LogP contribution is -2.38. The van der Waals surface area contributed by atoms with Crippen LogP contribution in [-0.2, 0) is 10.2 Å². The number of methoxy groups -OCH3 is 1. The molecule has 1 aliphatic rings. The van der Waals surface area contributed by atoms with Crippen LogP contribution in [-0.4, -0.2) is 38.9 Å². The predicted octanol–water partition coefficient (Wildman–Crippen LogP) is 4.88. The minimum atomic E-state index is -0.156. The van der Waals surface area contributed by atoms with Crippen molar-refractivity contribution in [1.29, 1.82) is 0 Å². The predicted molar refractivity (Wildman–Crippen MR) is 137 cm³/mol. The standard InChI is InChI=1S/C24H33N3O3.HI/c1-17(2)30-20-8-6-19(7-9-20)27-23(25)26-16-24(11-13-29-14-12-24)21-15-18(3)5-10-22(21)28-4;/h5-10,15,17H,11-14,16H2,1-4H3,(H3,25,26,27);1H. The Kier molecular flexibility index (Phi) is 9.43. The highest BCUT2D eigenvalue weighted by Crippen LogP contribution is 2.40. The van der Waals surface area contributed by atoms with E-state index < -0.39 is 0 Å². The molecule has 0 atom stereocenters. The van der Waals surface area contributed by atoms with Crippen LogP contribution in [0.2, 0.25) is 0 Å². The second-order valence-electron chi connectivity index (χ2n) is 8.11. The Bertz CT molecular complexity index is 863. The lowest BCUT2D eigenvalue weighted by Gasteiger charge is -2.37. The summed E-state index contributed by atoms with van der Waals surface area (Å²) in [7, 11) is 1.72. The molecular formula is C24H34IN3O3. The van der Waals surface area contributed by atoms with Crippen molar-refractivity contribution in [3.8, 4) is 11.5 Å². The molecule has 1 saturated heterocycles. The fraction of sp³-hybridized carbons (Fsp3) is 0.458. The number of halogens is 1. The number of aliphatic imine (C=N–C) groups is 1. The Labute approximate surface area is 202 Å². The van der Waals surface area contributed by atoms with Crippen molar-refractivity contribution in [2.45, 2.75) is 45.1 Å². The van der Waals surface area contributed by atoms with Gasteiger partial charge in [0.25, 0.3) is 0 Å². The number of benzene rings is 2. The van der Waals surface area contributed by atoms with Gasteiger partial charge in [0.1, 0.15) is 11.5 Å². The number of aryl methyl sites for hydroxylation is 1. The average Bonchev–Trinajstić information content (AvgIpc) is 2.74. The van der Waals surface area contributed by atoms with Crippen molar-refractivity contribution < 1.29 is 14.2 Å². The minimum absolute atomic E-state index is 0. The van der Waals surface area contributed by atoms with Gasteiger partial charge in [0.05, 0.1) is 19.8 Å². The number of rotatable bonds is 7. The van der Waals surface area contributed by atoms with Gasteiger partial charge in [0.15, 0.2) is 5.96 Å². The van der Waals surface area contributed by atoms with E-state index in [1.54, 1.807) is 7.11 Å². The Morgan fingerprint density at radius 3 is 2.45 bits per heavy atom. The second-order valence-corrected chi connectivity index (χ2v) is 8.11. The molecule has 0 saturated carbocycles. The molecule has 0 bridgehead atoms. The molecule has 1 aliphatic heterocycles. The van der Waals surface area contributed by atoms with Crippen LogP contribution in [0.4, 0.5) is 5.69 Å². The highest BCUT2D eigenvalue weighted by Gasteiger charge is 2.37. The van der Waals surface area contributed by atoms with Crippen molar-refractivity contribution in [1.82, 2.24) is 0 Å². The zero-order chi connectivity index (χ0) is 21.6. The molecule has 170 valence electrons. The van der Waals surface area contributed by atoms with Gasteiger partial charge in [-0.05, 0) is 63.9 Å². The molecule has 31 heavy (non-hydrogen) atoms. The summed E-state index contributed by atoms with van der Waals surface area (Å²) >= 11 is 0. The molecule has 0 aromatic heterocycles. The van der Waals surface area contributed by atoms with E-state index in [-0.39, 0.29) is 35.5 Å². The number of anilines is 1. The van der Waals surface area contributed by atoms with Gasteiger partial charge in [0, 0.05) is 29.9 Å². The summed E-state index contributed by atoms with van der Waals surface area (Å²) in [6, 6.07) is 14.0. The lowest BCUT2D eigenvalue weighted by molar-refractivity contribution is 0.0523. The molecule has 0 spiro atoms. The second kappa shape index (κ2) is 11.6. The summed E-state index contributed by atoms with van der Waals surface area (Å²) in [5.74, 6) is 2.12. The molecule has 7 heteroatoms. The molecule has 0 aliphatic carbocycles. The number of nitrogens with zero attached hydrogens (tertiary/aromatic N) is 1. The molecule has 2 aromatic rings. The van der Waals surface area contributed by atoms with Gasteiger partial charge in [-0.15, -0.1) is 24.0 Å². The van der Waals surface area contributed by atoms with Gasteiger partial charge in [-0.25, -0.2) is 0 Å². The first-order valence-corrected chi connectivity index (χ1v) is 10.5. The molecule has 0 unspecified atom stereocenters. The number of hydrogen-bond donors (Lipinski definition) is 2. The third-order valence-electron chi connectivity index (χ3n) is 5.43. The molecule has 3 N–H and O–H groups in total. The van der Waals surface area contributed by atoms with E-state index >= 15 is 0 Å². The summed E-state index contributed by atoms with van der Waals surface area (Å²) in [5, 5.41) is 3.18. The third kappa shape index (κ3) is 6.74. The van der Waals surface area contributed by atoms with Crippen LogP contribution in [0.1, 0.15) is 37.8 Å².